The second-order valence-electron chi connectivity index (χ2n) is 5.89. The number of methoxy groups -OCH3 is 1. The molecular formula is C21H25ClO4. The molecule has 140 valence electrons. The average Bonchev–Trinajstić information content (AvgIpc) is 2.65. The molecule has 0 aliphatic rings. The summed E-state index contributed by atoms with van der Waals surface area (Å²) in [6.07, 6.45) is 1.70. The molecular weight excluding hydrogens is 352 g/mol. The number of carbonyl (C=O) groups is 1. The van der Waals surface area contributed by atoms with Gasteiger partial charge in [-0.05, 0) is 48.6 Å². The van der Waals surface area contributed by atoms with Gasteiger partial charge in [0.15, 0.2) is 0 Å². The summed E-state index contributed by atoms with van der Waals surface area (Å²) in [6, 6.07) is 16.0. The quantitative estimate of drug-likeness (QED) is 0.411. The summed E-state index contributed by atoms with van der Waals surface area (Å²) < 4.78 is 15.8. The molecule has 2 aromatic carbocycles. The van der Waals surface area contributed by atoms with Crippen molar-refractivity contribution in [1.82, 2.24) is 0 Å². The molecule has 1 atom stereocenters. The number of ether oxygens (including phenoxy) is 3. The van der Waals surface area contributed by atoms with Crippen molar-refractivity contribution in [3.05, 3.63) is 59.1 Å². The average molecular weight is 377 g/mol. The maximum Gasteiger partial charge on any atom is 0.305 e. The summed E-state index contributed by atoms with van der Waals surface area (Å²) in [5, 5.41) is 0.722. The van der Waals surface area contributed by atoms with E-state index in [1.54, 1.807) is 7.11 Å². The molecule has 1 unspecified atom stereocenters. The lowest BCUT2D eigenvalue weighted by atomic mass is 9.99. The Kier molecular flexibility index (Phi) is 8.62. The molecule has 0 aliphatic carbocycles. The van der Waals surface area contributed by atoms with Crippen molar-refractivity contribution >= 4 is 17.6 Å². The van der Waals surface area contributed by atoms with E-state index in [2.05, 4.69) is 24.3 Å². The smallest absolute Gasteiger partial charge is 0.305 e. The molecule has 0 N–H and O–H groups in total. The van der Waals surface area contributed by atoms with E-state index in [0.717, 1.165) is 28.1 Å². The van der Waals surface area contributed by atoms with Gasteiger partial charge >= 0.3 is 5.97 Å². The highest BCUT2D eigenvalue weighted by atomic mass is 35.5. The third-order valence-corrected chi connectivity index (χ3v) is 4.25. The van der Waals surface area contributed by atoms with E-state index in [4.69, 9.17) is 25.8 Å². The minimum absolute atomic E-state index is 0.122. The Labute approximate surface area is 160 Å². The molecule has 2 aromatic rings. The molecule has 0 amide bonds. The summed E-state index contributed by atoms with van der Waals surface area (Å²) >= 11 is 5.94. The normalized spacial score (nSPS) is 12.0. The van der Waals surface area contributed by atoms with E-state index in [1.165, 1.54) is 0 Å². The molecule has 0 bridgehead atoms. The van der Waals surface area contributed by atoms with Crippen molar-refractivity contribution in [2.24, 2.45) is 0 Å². The fourth-order valence-electron chi connectivity index (χ4n) is 2.69. The maximum atomic E-state index is 11.5. The van der Waals surface area contributed by atoms with Crippen LogP contribution in [-0.4, -0.2) is 26.5 Å². The van der Waals surface area contributed by atoms with Crippen molar-refractivity contribution in [2.75, 3.05) is 20.5 Å². The summed E-state index contributed by atoms with van der Waals surface area (Å²) in [5.41, 5.74) is 3.28. The SMILES string of the molecule is CCOC(=O)CCCC(OCOC)c1ccc(-c2ccc(Cl)cc2)cc1. The van der Waals surface area contributed by atoms with Gasteiger partial charge in [0.25, 0.3) is 0 Å². The van der Waals surface area contributed by atoms with Crippen LogP contribution in [0.15, 0.2) is 48.5 Å². The van der Waals surface area contributed by atoms with Crippen molar-refractivity contribution < 1.29 is 19.0 Å². The number of esters is 1. The number of carbonyl (C=O) groups excluding carboxylic acids is 1. The second kappa shape index (κ2) is 11.0. The maximum absolute atomic E-state index is 11.5. The number of hydrogen-bond donors (Lipinski definition) is 0. The molecule has 0 heterocycles. The van der Waals surface area contributed by atoms with Crippen LogP contribution >= 0.6 is 11.6 Å². The van der Waals surface area contributed by atoms with E-state index in [1.807, 2.05) is 31.2 Å². The van der Waals surface area contributed by atoms with Crippen LogP contribution in [0.2, 0.25) is 5.02 Å². The Balaban J connectivity index is 2.02. The minimum Gasteiger partial charge on any atom is -0.466 e. The Bertz CT molecular complexity index is 667. The zero-order valence-corrected chi connectivity index (χ0v) is 16.0. The number of halogens is 1. The zero-order chi connectivity index (χ0) is 18.8. The van der Waals surface area contributed by atoms with Gasteiger partial charge in [0.2, 0.25) is 0 Å². The van der Waals surface area contributed by atoms with Crippen molar-refractivity contribution in [3.8, 4) is 11.1 Å². The van der Waals surface area contributed by atoms with Gasteiger partial charge in [-0.2, -0.15) is 0 Å². The van der Waals surface area contributed by atoms with Gasteiger partial charge in [-0.1, -0.05) is 48.0 Å². The number of hydrogen-bond acceptors (Lipinski definition) is 4. The van der Waals surface area contributed by atoms with E-state index in [-0.39, 0.29) is 18.9 Å². The standard InChI is InChI=1S/C21H25ClO4/c1-3-25-21(23)6-4-5-20(26-15-24-2)18-9-7-16(8-10-18)17-11-13-19(22)14-12-17/h7-14,20H,3-6,15H2,1-2H3. The molecule has 2 rings (SSSR count). The highest BCUT2D eigenvalue weighted by Gasteiger charge is 2.14. The molecule has 0 aromatic heterocycles. The van der Waals surface area contributed by atoms with Gasteiger partial charge in [0, 0.05) is 18.6 Å². The Morgan fingerprint density at radius 2 is 1.65 bits per heavy atom. The van der Waals surface area contributed by atoms with Crippen LogP contribution in [0.4, 0.5) is 0 Å². The van der Waals surface area contributed by atoms with Crippen LogP contribution in [0.5, 0.6) is 0 Å². The van der Waals surface area contributed by atoms with Gasteiger partial charge in [-0.3, -0.25) is 4.79 Å². The molecule has 0 spiro atoms. The highest BCUT2D eigenvalue weighted by Crippen LogP contribution is 2.27. The molecule has 5 heteroatoms. The summed E-state index contributed by atoms with van der Waals surface area (Å²) in [7, 11) is 1.60. The van der Waals surface area contributed by atoms with Gasteiger partial charge in [-0.25, -0.2) is 0 Å². The van der Waals surface area contributed by atoms with E-state index in [0.29, 0.717) is 19.4 Å². The van der Waals surface area contributed by atoms with E-state index < -0.39 is 0 Å². The summed E-state index contributed by atoms with van der Waals surface area (Å²) in [6.45, 7) is 2.43. The molecule has 0 saturated carbocycles. The predicted molar refractivity (Wildman–Crippen MR) is 103 cm³/mol. The lowest BCUT2D eigenvalue weighted by molar-refractivity contribution is -0.143. The fourth-order valence-corrected chi connectivity index (χ4v) is 2.82. The molecule has 0 fully saturated rings. The minimum atomic E-state index is -0.170. The molecule has 4 nitrogen and oxygen atoms in total. The third-order valence-electron chi connectivity index (χ3n) is 4.00. The van der Waals surface area contributed by atoms with Gasteiger partial charge in [0.05, 0.1) is 12.7 Å². The molecule has 26 heavy (non-hydrogen) atoms. The topological polar surface area (TPSA) is 44.8 Å². The van der Waals surface area contributed by atoms with Crippen molar-refractivity contribution in [1.29, 1.82) is 0 Å². The van der Waals surface area contributed by atoms with Crippen LogP contribution in [0, 0.1) is 0 Å². The van der Waals surface area contributed by atoms with Gasteiger partial charge in [-0.15, -0.1) is 0 Å². The van der Waals surface area contributed by atoms with Gasteiger partial charge in [0.1, 0.15) is 6.79 Å². The summed E-state index contributed by atoms with van der Waals surface area (Å²) in [5.74, 6) is -0.170. The monoisotopic (exact) mass is 376 g/mol. The zero-order valence-electron chi connectivity index (χ0n) is 15.2. The summed E-state index contributed by atoms with van der Waals surface area (Å²) in [4.78, 5) is 11.5. The first-order valence-corrected chi connectivity index (χ1v) is 9.14. The predicted octanol–water partition coefficient (Wildman–Crippen LogP) is 5.40. The first kappa shape index (κ1) is 20.4. The Morgan fingerprint density at radius 1 is 1.04 bits per heavy atom. The third kappa shape index (κ3) is 6.45. The van der Waals surface area contributed by atoms with Crippen LogP contribution in [0.25, 0.3) is 11.1 Å². The Morgan fingerprint density at radius 3 is 2.23 bits per heavy atom. The first-order valence-electron chi connectivity index (χ1n) is 8.76. The van der Waals surface area contributed by atoms with Crippen LogP contribution in [0.3, 0.4) is 0 Å². The van der Waals surface area contributed by atoms with Crippen molar-refractivity contribution in [2.45, 2.75) is 32.3 Å². The van der Waals surface area contributed by atoms with E-state index in [9.17, 15) is 4.79 Å². The molecule has 0 aliphatic heterocycles. The lowest BCUT2D eigenvalue weighted by Gasteiger charge is -2.18. The van der Waals surface area contributed by atoms with Crippen LogP contribution < -0.4 is 0 Å². The van der Waals surface area contributed by atoms with Gasteiger partial charge < -0.3 is 14.2 Å². The lowest BCUT2D eigenvalue weighted by Crippen LogP contribution is -2.09. The number of benzene rings is 2. The van der Waals surface area contributed by atoms with Crippen LogP contribution in [-0.2, 0) is 19.0 Å². The van der Waals surface area contributed by atoms with Crippen molar-refractivity contribution in [3.63, 3.8) is 0 Å². The second-order valence-corrected chi connectivity index (χ2v) is 6.32. The molecule has 0 radical (unpaired) electrons. The number of rotatable bonds is 10. The van der Waals surface area contributed by atoms with Crippen LogP contribution in [0.1, 0.15) is 37.9 Å². The largest absolute Gasteiger partial charge is 0.466 e. The Hall–Kier alpha value is -1.88. The first-order chi connectivity index (χ1) is 12.6. The fraction of sp³-hybridized carbons (Fsp3) is 0.381. The highest BCUT2D eigenvalue weighted by molar-refractivity contribution is 6.30. The van der Waals surface area contributed by atoms with E-state index >= 15 is 0 Å². The molecule has 0 saturated heterocycles.